The molecule has 0 saturated carbocycles. The molecule has 0 unspecified atom stereocenters. The number of rotatable bonds is 7. The van der Waals surface area contributed by atoms with Crippen LogP contribution in [0.5, 0.6) is 5.75 Å². The summed E-state index contributed by atoms with van der Waals surface area (Å²) in [6, 6.07) is 10.8. The predicted molar refractivity (Wildman–Crippen MR) is 59.2 cm³/mol. The lowest BCUT2D eigenvalue weighted by molar-refractivity contribution is 0.304. The number of hydrogen-bond acceptors (Lipinski definition) is 1. The summed E-state index contributed by atoms with van der Waals surface area (Å²) in [4.78, 5) is 0. The molecular formula is C13H18O. The van der Waals surface area contributed by atoms with Gasteiger partial charge in [-0.1, -0.05) is 50.8 Å². The first kappa shape index (κ1) is 11.1. The average molecular weight is 190 g/mol. The Morgan fingerprint density at radius 2 is 2.00 bits per heavy atom. The number of para-hydroxylation sites is 1. The highest BCUT2D eigenvalue weighted by Gasteiger charge is 1.92. The van der Waals surface area contributed by atoms with E-state index >= 15 is 0 Å². The van der Waals surface area contributed by atoms with E-state index in [1.54, 1.807) is 0 Å². The highest BCUT2D eigenvalue weighted by Crippen LogP contribution is 2.09. The molecule has 1 aromatic carbocycles. The SMILES string of the molecule is [CH2]CCCCCCOc1[c]cccc1. The van der Waals surface area contributed by atoms with Crippen LogP contribution in [0.15, 0.2) is 24.3 Å². The van der Waals surface area contributed by atoms with Crippen LogP contribution < -0.4 is 4.74 Å². The van der Waals surface area contributed by atoms with Crippen molar-refractivity contribution < 1.29 is 4.74 Å². The van der Waals surface area contributed by atoms with Gasteiger partial charge in [0.1, 0.15) is 5.75 Å². The third-order valence-corrected chi connectivity index (χ3v) is 2.08. The van der Waals surface area contributed by atoms with Gasteiger partial charge in [-0.2, -0.15) is 0 Å². The van der Waals surface area contributed by atoms with E-state index in [4.69, 9.17) is 4.74 Å². The molecule has 1 aromatic rings. The van der Waals surface area contributed by atoms with Crippen molar-refractivity contribution in [2.45, 2.75) is 32.1 Å². The summed E-state index contributed by atoms with van der Waals surface area (Å²) in [5.41, 5.74) is 0. The van der Waals surface area contributed by atoms with E-state index in [2.05, 4.69) is 13.0 Å². The Morgan fingerprint density at radius 1 is 1.14 bits per heavy atom. The van der Waals surface area contributed by atoms with Crippen molar-refractivity contribution in [3.63, 3.8) is 0 Å². The minimum Gasteiger partial charge on any atom is -0.493 e. The molecule has 0 aliphatic heterocycles. The van der Waals surface area contributed by atoms with Gasteiger partial charge in [-0.25, -0.2) is 0 Å². The van der Waals surface area contributed by atoms with Crippen LogP contribution in [0, 0.1) is 13.0 Å². The van der Waals surface area contributed by atoms with Gasteiger partial charge in [0, 0.05) is 6.07 Å². The van der Waals surface area contributed by atoms with Gasteiger partial charge in [0.05, 0.1) is 6.61 Å². The molecule has 0 saturated heterocycles. The third kappa shape index (κ3) is 4.90. The first-order valence-corrected chi connectivity index (χ1v) is 5.32. The Bertz CT molecular complexity index is 218. The van der Waals surface area contributed by atoms with Crippen LogP contribution in [-0.4, -0.2) is 6.61 Å². The molecule has 76 valence electrons. The molecule has 0 spiro atoms. The van der Waals surface area contributed by atoms with Crippen LogP contribution in [0.25, 0.3) is 0 Å². The molecule has 0 amide bonds. The maximum atomic E-state index is 5.52. The number of hydrogen-bond donors (Lipinski definition) is 0. The second-order valence-corrected chi connectivity index (χ2v) is 3.34. The predicted octanol–water partition coefficient (Wildman–Crippen LogP) is 3.65. The lowest BCUT2D eigenvalue weighted by Crippen LogP contribution is -1.96. The summed E-state index contributed by atoms with van der Waals surface area (Å²) in [5.74, 6) is 0.852. The topological polar surface area (TPSA) is 9.23 Å². The lowest BCUT2D eigenvalue weighted by Gasteiger charge is -2.04. The van der Waals surface area contributed by atoms with Gasteiger partial charge in [0.15, 0.2) is 0 Å². The molecular weight excluding hydrogens is 172 g/mol. The zero-order chi connectivity index (χ0) is 10.1. The van der Waals surface area contributed by atoms with Crippen molar-refractivity contribution in [1.29, 1.82) is 0 Å². The molecule has 0 fully saturated rings. The fourth-order valence-electron chi connectivity index (χ4n) is 1.28. The summed E-state index contributed by atoms with van der Waals surface area (Å²) in [6.07, 6.45) is 5.92. The Morgan fingerprint density at radius 3 is 2.71 bits per heavy atom. The molecule has 0 aromatic heterocycles. The molecule has 2 radical (unpaired) electrons. The lowest BCUT2D eigenvalue weighted by atomic mass is 10.2. The maximum absolute atomic E-state index is 5.52. The van der Waals surface area contributed by atoms with Gasteiger partial charge in [-0.3, -0.25) is 0 Å². The summed E-state index contributed by atoms with van der Waals surface area (Å²) in [5, 5.41) is 0. The molecule has 0 heterocycles. The molecule has 1 nitrogen and oxygen atoms in total. The largest absolute Gasteiger partial charge is 0.493 e. The van der Waals surface area contributed by atoms with Gasteiger partial charge >= 0.3 is 0 Å². The smallest absolute Gasteiger partial charge is 0.127 e. The van der Waals surface area contributed by atoms with E-state index in [0.29, 0.717) is 0 Å². The van der Waals surface area contributed by atoms with E-state index in [-0.39, 0.29) is 0 Å². The van der Waals surface area contributed by atoms with Crippen LogP contribution in [0.4, 0.5) is 0 Å². The molecule has 1 heteroatoms. The normalized spacial score (nSPS) is 10.1. The van der Waals surface area contributed by atoms with Crippen molar-refractivity contribution in [3.8, 4) is 5.75 Å². The van der Waals surface area contributed by atoms with Crippen LogP contribution >= 0.6 is 0 Å². The van der Waals surface area contributed by atoms with Gasteiger partial charge in [0.25, 0.3) is 0 Å². The summed E-state index contributed by atoms with van der Waals surface area (Å²) in [7, 11) is 0. The third-order valence-electron chi connectivity index (χ3n) is 2.08. The molecule has 1 rings (SSSR count). The fraction of sp³-hybridized carbons (Fsp3) is 0.462. The first-order valence-electron chi connectivity index (χ1n) is 5.32. The monoisotopic (exact) mass is 190 g/mol. The minimum absolute atomic E-state index is 0.803. The molecule has 0 N–H and O–H groups in total. The van der Waals surface area contributed by atoms with E-state index in [0.717, 1.165) is 25.2 Å². The number of benzene rings is 1. The van der Waals surface area contributed by atoms with Crippen molar-refractivity contribution in [3.05, 3.63) is 37.3 Å². The van der Waals surface area contributed by atoms with E-state index in [1.807, 2.05) is 24.3 Å². The van der Waals surface area contributed by atoms with E-state index in [1.165, 1.54) is 19.3 Å². The zero-order valence-electron chi connectivity index (χ0n) is 8.67. The summed E-state index contributed by atoms with van der Waals surface area (Å²) in [6.45, 7) is 4.62. The van der Waals surface area contributed by atoms with Crippen LogP contribution in [0.2, 0.25) is 0 Å². The van der Waals surface area contributed by atoms with E-state index < -0.39 is 0 Å². The standard InChI is InChI=1S/C13H18O/c1-2-3-4-5-9-12-14-13-10-7-6-8-11-13/h6-8,10H,1-5,9,12H2. The molecule has 14 heavy (non-hydrogen) atoms. The van der Waals surface area contributed by atoms with Crippen LogP contribution in [0.1, 0.15) is 32.1 Å². The van der Waals surface area contributed by atoms with Gasteiger partial charge in [0.2, 0.25) is 0 Å². The molecule has 0 aliphatic rings. The zero-order valence-corrected chi connectivity index (χ0v) is 8.67. The molecule has 0 atom stereocenters. The molecule has 0 bridgehead atoms. The summed E-state index contributed by atoms with van der Waals surface area (Å²) < 4.78 is 5.52. The Hall–Kier alpha value is -0.980. The van der Waals surface area contributed by atoms with Crippen LogP contribution in [0.3, 0.4) is 0 Å². The highest BCUT2D eigenvalue weighted by atomic mass is 16.5. The van der Waals surface area contributed by atoms with Crippen molar-refractivity contribution in [1.82, 2.24) is 0 Å². The first-order chi connectivity index (χ1) is 6.93. The average Bonchev–Trinajstić information content (AvgIpc) is 2.25. The van der Waals surface area contributed by atoms with Crippen molar-refractivity contribution >= 4 is 0 Å². The summed E-state index contributed by atoms with van der Waals surface area (Å²) >= 11 is 0. The fourth-order valence-corrected chi connectivity index (χ4v) is 1.28. The van der Waals surface area contributed by atoms with Gasteiger partial charge in [-0.15, -0.1) is 0 Å². The molecule has 0 aliphatic carbocycles. The Kier molecular flexibility index (Phi) is 5.89. The quantitative estimate of drug-likeness (QED) is 0.596. The maximum Gasteiger partial charge on any atom is 0.127 e. The second-order valence-electron chi connectivity index (χ2n) is 3.34. The number of ether oxygens (including phenoxy) is 1. The minimum atomic E-state index is 0.803. The second kappa shape index (κ2) is 7.43. The number of unbranched alkanes of at least 4 members (excludes halogenated alkanes) is 4. The Balaban J connectivity index is 1.99. The Labute approximate surface area is 87.1 Å². The highest BCUT2D eigenvalue weighted by molar-refractivity contribution is 5.19. The van der Waals surface area contributed by atoms with Gasteiger partial charge < -0.3 is 4.74 Å². The van der Waals surface area contributed by atoms with Crippen LogP contribution in [-0.2, 0) is 0 Å². The van der Waals surface area contributed by atoms with E-state index in [9.17, 15) is 0 Å². The van der Waals surface area contributed by atoms with Gasteiger partial charge in [-0.05, 0) is 12.5 Å². The van der Waals surface area contributed by atoms with Crippen molar-refractivity contribution in [2.75, 3.05) is 6.61 Å². The van der Waals surface area contributed by atoms with Crippen molar-refractivity contribution in [2.24, 2.45) is 0 Å².